The lowest BCUT2D eigenvalue weighted by atomic mass is 10.0. The first-order valence-electron chi connectivity index (χ1n) is 6.68. The van der Waals surface area contributed by atoms with E-state index in [-0.39, 0.29) is 18.1 Å². The minimum Gasteiger partial charge on any atom is -0.468 e. The summed E-state index contributed by atoms with van der Waals surface area (Å²) in [5.74, 6) is -0.188. The van der Waals surface area contributed by atoms with Crippen LogP contribution in [0.15, 0.2) is 28.7 Å². The summed E-state index contributed by atoms with van der Waals surface area (Å²) in [5, 5.41) is 3.36. The maximum absolute atomic E-state index is 11.8. The summed E-state index contributed by atoms with van der Waals surface area (Å²) in [6.45, 7) is 4.17. The number of rotatable bonds is 7. The molecule has 2 atom stereocenters. The van der Waals surface area contributed by atoms with Crippen molar-refractivity contribution < 1.29 is 9.53 Å². The van der Waals surface area contributed by atoms with Gasteiger partial charge in [0.2, 0.25) is 0 Å². The van der Waals surface area contributed by atoms with Crippen LogP contribution in [0.4, 0.5) is 0 Å². The highest BCUT2D eigenvalue weighted by Gasteiger charge is 2.21. The van der Waals surface area contributed by atoms with Crippen molar-refractivity contribution in [2.75, 3.05) is 7.11 Å². The monoisotopic (exact) mass is 327 g/mol. The van der Waals surface area contributed by atoms with E-state index in [1.54, 1.807) is 0 Å². The quantitative estimate of drug-likeness (QED) is 0.773. The van der Waals surface area contributed by atoms with Crippen LogP contribution >= 0.6 is 15.9 Å². The van der Waals surface area contributed by atoms with Crippen molar-refractivity contribution in [1.29, 1.82) is 0 Å². The summed E-state index contributed by atoms with van der Waals surface area (Å²) in [6, 6.07) is 7.89. The van der Waals surface area contributed by atoms with Gasteiger partial charge in [-0.05, 0) is 25.0 Å². The molecular formula is C15H22BrNO2. The van der Waals surface area contributed by atoms with Crippen molar-refractivity contribution >= 4 is 21.9 Å². The van der Waals surface area contributed by atoms with Crippen LogP contribution in [-0.2, 0) is 9.53 Å². The van der Waals surface area contributed by atoms with E-state index >= 15 is 0 Å². The molecule has 1 aromatic rings. The van der Waals surface area contributed by atoms with Gasteiger partial charge in [0.15, 0.2) is 0 Å². The topological polar surface area (TPSA) is 38.3 Å². The minimum absolute atomic E-state index is 0.0940. The molecule has 106 valence electrons. The molecule has 0 radical (unpaired) electrons. The fourth-order valence-electron chi connectivity index (χ4n) is 2.04. The number of carbonyl (C=O) groups excluding carboxylic acids is 1. The second kappa shape index (κ2) is 8.33. The molecule has 1 aromatic carbocycles. The number of carbonyl (C=O) groups is 1. The number of hydrogen-bond donors (Lipinski definition) is 1. The molecule has 3 nitrogen and oxygen atoms in total. The van der Waals surface area contributed by atoms with E-state index in [1.165, 1.54) is 7.11 Å². The van der Waals surface area contributed by atoms with E-state index in [2.05, 4.69) is 41.2 Å². The first kappa shape index (κ1) is 16.2. The predicted octanol–water partition coefficient (Wildman–Crippen LogP) is 3.83. The summed E-state index contributed by atoms with van der Waals surface area (Å²) in [6.07, 6.45) is 2.88. The average Bonchev–Trinajstić information content (AvgIpc) is 2.42. The lowest BCUT2D eigenvalue weighted by molar-refractivity contribution is -0.143. The maximum atomic E-state index is 11.8. The van der Waals surface area contributed by atoms with Crippen molar-refractivity contribution in [3.63, 3.8) is 0 Å². The van der Waals surface area contributed by atoms with Crippen molar-refractivity contribution in [3.8, 4) is 0 Å². The van der Waals surface area contributed by atoms with Gasteiger partial charge in [-0.3, -0.25) is 10.1 Å². The summed E-state index contributed by atoms with van der Waals surface area (Å²) in [4.78, 5) is 11.8. The summed E-state index contributed by atoms with van der Waals surface area (Å²) in [7, 11) is 1.44. The standard InChI is InChI=1S/C15H22BrNO2/c1-4-5-10-14(15(18)19-3)17-11(2)12-8-6-7-9-13(12)16/h6-9,11,14,17H,4-5,10H2,1-3H3/t11-,14?/m1/s1. The van der Waals surface area contributed by atoms with Gasteiger partial charge in [0.1, 0.15) is 6.04 Å². The summed E-state index contributed by atoms with van der Waals surface area (Å²) in [5.41, 5.74) is 1.15. The van der Waals surface area contributed by atoms with Gasteiger partial charge in [-0.2, -0.15) is 0 Å². The maximum Gasteiger partial charge on any atom is 0.322 e. The Morgan fingerprint density at radius 1 is 1.42 bits per heavy atom. The van der Waals surface area contributed by atoms with E-state index < -0.39 is 0 Å². The number of unbranched alkanes of at least 4 members (excludes halogenated alkanes) is 1. The first-order chi connectivity index (χ1) is 9.10. The van der Waals surface area contributed by atoms with Gasteiger partial charge in [0.05, 0.1) is 7.11 Å². The third-order valence-electron chi connectivity index (χ3n) is 3.15. The molecule has 4 heteroatoms. The number of methoxy groups -OCH3 is 1. The van der Waals surface area contributed by atoms with Gasteiger partial charge in [-0.25, -0.2) is 0 Å². The smallest absolute Gasteiger partial charge is 0.322 e. The molecule has 0 heterocycles. The Balaban J connectivity index is 2.72. The molecule has 0 saturated carbocycles. The van der Waals surface area contributed by atoms with E-state index in [0.29, 0.717) is 0 Å². The lowest BCUT2D eigenvalue weighted by Crippen LogP contribution is -2.39. The van der Waals surface area contributed by atoms with E-state index in [1.807, 2.05) is 18.2 Å². The van der Waals surface area contributed by atoms with E-state index in [0.717, 1.165) is 29.3 Å². The lowest BCUT2D eigenvalue weighted by Gasteiger charge is -2.22. The molecular weight excluding hydrogens is 306 g/mol. The van der Waals surface area contributed by atoms with Gasteiger partial charge >= 0.3 is 5.97 Å². The molecule has 0 amide bonds. The van der Waals surface area contributed by atoms with Crippen LogP contribution in [0.1, 0.15) is 44.7 Å². The third-order valence-corrected chi connectivity index (χ3v) is 3.88. The summed E-state index contributed by atoms with van der Waals surface area (Å²) < 4.78 is 5.91. The molecule has 0 aromatic heterocycles. The largest absolute Gasteiger partial charge is 0.468 e. The number of hydrogen-bond acceptors (Lipinski definition) is 3. The third kappa shape index (κ3) is 4.96. The molecule has 1 N–H and O–H groups in total. The second-order valence-electron chi connectivity index (χ2n) is 4.63. The molecule has 0 aliphatic heterocycles. The molecule has 19 heavy (non-hydrogen) atoms. The normalized spacial score (nSPS) is 13.9. The Hall–Kier alpha value is -0.870. The summed E-state index contributed by atoms with van der Waals surface area (Å²) >= 11 is 3.54. The van der Waals surface area contributed by atoms with E-state index in [4.69, 9.17) is 4.74 Å². The van der Waals surface area contributed by atoms with Gasteiger partial charge in [0, 0.05) is 10.5 Å². The average molecular weight is 328 g/mol. The number of esters is 1. The predicted molar refractivity (Wildman–Crippen MR) is 81.0 cm³/mol. The van der Waals surface area contributed by atoms with Crippen LogP contribution in [0.3, 0.4) is 0 Å². The Bertz CT molecular complexity index is 409. The van der Waals surface area contributed by atoms with Crippen LogP contribution in [0, 0.1) is 0 Å². The number of halogens is 1. The zero-order valence-corrected chi connectivity index (χ0v) is 13.4. The highest BCUT2D eigenvalue weighted by atomic mass is 79.9. The van der Waals surface area contributed by atoms with Crippen molar-refractivity contribution in [2.45, 2.75) is 45.2 Å². The molecule has 0 fully saturated rings. The van der Waals surface area contributed by atoms with Crippen LogP contribution in [0.2, 0.25) is 0 Å². The fraction of sp³-hybridized carbons (Fsp3) is 0.533. The first-order valence-corrected chi connectivity index (χ1v) is 7.47. The van der Waals surface area contributed by atoms with Crippen molar-refractivity contribution in [1.82, 2.24) is 5.32 Å². The molecule has 1 unspecified atom stereocenters. The van der Waals surface area contributed by atoms with Gasteiger partial charge in [0.25, 0.3) is 0 Å². The van der Waals surface area contributed by atoms with Gasteiger partial charge in [-0.15, -0.1) is 0 Å². The van der Waals surface area contributed by atoms with Gasteiger partial charge in [-0.1, -0.05) is 53.9 Å². The second-order valence-corrected chi connectivity index (χ2v) is 5.48. The zero-order valence-electron chi connectivity index (χ0n) is 11.8. The Morgan fingerprint density at radius 2 is 2.11 bits per heavy atom. The zero-order chi connectivity index (χ0) is 14.3. The SMILES string of the molecule is CCCCC(N[C@H](C)c1ccccc1Br)C(=O)OC. The van der Waals surface area contributed by atoms with Crippen molar-refractivity contribution in [3.05, 3.63) is 34.3 Å². The molecule has 0 bridgehead atoms. The molecule has 0 spiro atoms. The number of ether oxygens (including phenoxy) is 1. The Labute approximate surface area is 123 Å². The highest BCUT2D eigenvalue weighted by Crippen LogP contribution is 2.23. The van der Waals surface area contributed by atoms with Crippen LogP contribution < -0.4 is 5.32 Å². The van der Waals surface area contributed by atoms with Crippen LogP contribution in [-0.4, -0.2) is 19.1 Å². The molecule has 0 aliphatic rings. The van der Waals surface area contributed by atoms with Crippen LogP contribution in [0.5, 0.6) is 0 Å². The molecule has 0 saturated heterocycles. The highest BCUT2D eigenvalue weighted by molar-refractivity contribution is 9.10. The van der Waals surface area contributed by atoms with Crippen LogP contribution in [0.25, 0.3) is 0 Å². The molecule has 0 aliphatic carbocycles. The Morgan fingerprint density at radius 3 is 2.68 bits per heavy atom. The number of nitrogens with one attached hydrogen (secondary N) is 1. The Kier molecular flexibility index (Phi) is 7.10. The van der Waals surface area contributed by atoms with Crippen molar-refractivity contribution in [2.24, 2.45) is 0 Å². The fourth-order valence-corrected chi connectivity index (χ4v) is 2.67. The number of benzene rings is 1. The minimum atomic E-state index is -0.243. The van der Waals surface area contributed by atoms with E-state index in [9.17, 15) is 4.79 Å². The molecule has 1 rings (SSSR count). The van der Waals surface area contributed by atoms with Gasteiger partial charge < -0.3 is 4.74 Å².